The van der Waals surface area contributed by atoms with Crippen molar-refractivity contribution in [2.45, 2.75) is 45.9 Å². The van der Waals surface area contributed by atoms with Gasteiger partial charge in [0.15, 0.2) is 0 Å². The third-order valence-corrected chi connectivity index (χ3v) is 9.13. The van der Waals surface area contributed by atoms with E-state index in [9.17, 15) is 9.50 Å². The number of β-amino-alcohol motifs (C(OH)–C–C–N with tert-alkyl or cyclic N) is 1. The highest BCUT2D eigenvalue weighted by atomic mass is 19.1. The van der Waals surface area contributed by atoms with E-state index in [1.807, 2.05) is 13.8 Å². The molecule has 4 aliphatic rings. The van der Waals surface area contributed by atoms with Crippen LogP contribution in [0.2, 0.25) is 0 Å². The molecule has 9 heteroatoms. The van der Waals surface area contributed by atoms with E-state index in [1.165, 1.54) is 0 Å². The first kappa shape index (κ1) is 25.9. The van der Waals surface area contributed by atoms with Crippen LogP contribution in [0.1, 0.15) is 43.4 Å². The molecule has 0 bridgehead atoms. The van der Waals surface area contributed by atoms with Crippen LogP contribution >= 0.6 is 0 Å². The first-order chi connectivity index (χ1) is 18.0. The summed E-state index contributed by atoms with van der Waals surface area (Å²) in [7, 11) is 0. The maximum atomic E-state index is 14.6. The lowest BCUT2D eigenvalue weighted by atomic mass is 9.97. The molecule has 206 valence electrons. The number of aromatic nitrogens is 3. The highest BCUT2D eigenvalue weighted by molar-refractivity contribution is 5.45. The average Bonchev–Trinajstić information content (AvgIpc) is 3.58. The number of nitrogens with one attached hydrogen (secondary N) is 1. The van der Waals surface area contributed by atoms with Crippen molar-refractivity contribution in [1.82, 2.24) is 25.2 Å². The fraction of sp³-hybridized carbons (Fsp3) is 0.690. The minimum atomic E-state index is -1.49. The molecule has 0 spiro atoms. The summed E-state index contributed by atoms with van der Waals surface area (Å²) in [4.78, 5) is 21.2. The predicted octanol–water partition coefficient (Wildman–Crippen LogP) is 2.62. The molecule has 2 N–H and O–H groups in total. The van der Waals surface area contributed by atoms with Crippen LogP contribution in [0.15, 0.2) is 18.2 Å². The van der Waals surface area contributed by atoms with Gasteiger partial charge in [-0.05, 0) is 76.0 Å². The largest absolute Gasteiger partial charge is 0.382 e. The Bertz CT molecular complexity index is 1170. The van der Waals surface area contributed by atoms with E-state index in [4.69, 9.17) is 4.98 Å². The molecule has 0 radical (unpaired) electrons. The van der Waals surface area contributed by atoms with Gasteiger partial charge in [0.05, 0.1) is 11.4 Å². The smallest absolute Gasteiger partial charge is 0.225 e. The Hall–Kier alpha value is -2.36. The van der Waals surface area contributed by atoms with Gasteiger partial charge in [-0.2, -0.15) is 0 Å². The third kappa shape index (κ3) is 4.89. The summed E-state index contributed by atoms with van der Waals surface area (Å²) in [5.41, 5.74) is 0.538. The summed E-state index contributed by atoms with van der Waals surface area (Å²) >= 11 is 0. The fourth-order valence-electron chi connectivity index (χ4n) is 7.17. The molecule has 6 rings (SSSR count). The molecule has 0 aromatic carbocycles. The first-order valence-corrected chi connectivity index (χ1v) is 14.1. The molecule has 38 heavy (non-hydrogen) atoms. The fourth-order valence-corrected chi connectivity index (χ4v) is 7.17. The van der Waals surface area contributed by atoms with Crippen molar-refractivity contribution in [1.29, 1.82) is 0 Å². The Balaban J connectivity index is 1.11. The quantitative estimate of drug-likeness (QED) is 0.598. The van der Waals surface area contributed by atoms with Crippen molar-refractivity contribution in [3.63, 3.8) is 0 Å². The van der Waals surface area contributed by atoms with Crippen molar-refractivity contribution in [2.75, 3.05) is 68.7 Å². The zero-order chi connectivity index (χ0) is 26.8. The molecule has 2 aromatic heterocycles. The molecule has 0 aliphatic carbocycles. The van der Waals surface area contributed by atoms with Gasteiger partial charge in [0.1, 0.15) is 17.1 Å². The summed E-state index contributed by atoms with van der Waals surface area (Å²) in [5.74, 6) is 3.99. The zero-order valence-corrected chi connectivity index (χ0v) is 23.4. The molecule has 5 atom stereocenters. The first-order valence-electron chi connectivity index (χ1n) is 14.1. The Morgan fingerprint density at radius 1 is 0.895 bits per heavy atom. The Labute approximate surface area is 225 Å². The van der Waals surface area contributed by atoms with Crippen LogP contribution in [0.25, 0.3) is 0 Å². The average molecular weight is 524 g/mol. The monoisotopic (exact) mass is 523 g/mol. The minimum Gasteiger partial charge on any atom is -0.382 e. The number of hydrogen-bond acceptors (Lipinski definition) is 8. The van der Waals surface area contributed by atoms with Crippen molar-refractivity contribution >= 4 is 11.8 Å². The van der Waals surface area contributed by atoms with Crippen molar-refractivity contribution < 1.29 is 9.50 Å². The highest BCUT2D eigenvalue weighted by Gasteiger charge is 2.44. The molecular weight excluding hydrogens is 481 g/mol. The Morgan fingerprint density at radius 2 is 1.53 bits per heavy atom. The van der Waals surface area contributed by atoms with E-state index in [1.54, 1.807) is 19.9 Å². The topological polar surface area (TPSA) is 80.7 Å². The van der Waals surface area contributed by atoms with Gasteiger partial charge in [0.2, 0.25) is 5.95 Å². The Kier molecular flexibility index (Phi) is 6.39. The molecule has 1 unspecified atom stereocenters. The highest BCUT2D eigenvalue weighted by Crippen LogP contribution is 2.37. The molecule has 2 aromatic rings. The summed E-state index contributed by atoms with van der Waals surface area (Å²) in [6.07, 6.45) is 0. The predicted molar refractivity (Wildman–Crippen MR) is 147 cm³/mol. The number of aliphatic hydroxyl groups is 1. The van der Waals surface area contributed by atoms with Crippen molar-refractivity contribution in [3.05, 3.63) is 40.8 Å². The van der Waals surface area contributed by atoms with Crippen molar-refractivity contribution in [2.24, 2.45) is 23.7 Å². The van der Waals surface area contributed by atoms with Gasteiger partial charge in [0.25, 0.3) is 0 Å². The van der Waals surface area contributed by atoms with Gasteiger partial charge in [-0.1, -0.05) is 6.07 Å². The van der Waals surface area contributed by atoms with E-state index >= 15 is 0 Å². The van der Waals surface area contributed by atoms with Crippen LogP contribution in [0.5, 0.6) is 0 Å². The number of anilines is 2. The lowest BCUT2D eigenvalue weighted by Gasteiger charge is -2.31. The number of rotatable bonds is 6. The lowest BCUT2D eigenvalue weighted by molar-refractivity contribution is 0.0166. The van der Waals surface area contributed by atoms with Crippen LogP contribution in [0.3, 0.4) is 0 Å². The van der Waals surface area contributed by atoms with Gasteiger partial charge < -0.3 is 20.2 Å². The third-order valence-electron chi connectivity index (χ3n) is 9.13. The maximum absolute atomic E-state index is 14.6. The minimum absolute atomic E-state index is 0.439. The van der Waals surface area contributed by atoms with Gasteiger partial charge in [0, 0.05) is 64.6 Å². The standard InChI is InChI=1S/C29H42FN7O/c1-18-6-7-25(36-13-20-9-31-10-21(20)14-36)34-26(18)29(5,38)17-35-11-22-15-37(16-23(22)12-35)27-32-19(2)8-24(33-27)28(3,4)30/h6-8,20-23,31,38H,9-17H2,1-5H3/t20-,21+,22-,23+,29?. The van der Waals surface area contributed by atoms with Gasteiger partial charge in [-0.25, -0.2) is 19.3 Å². The zero-order valence-electron chi connectivity index (χ0n) is 23.4. The number of likely N-dealkylation sites (tertiary alicyclic amines) is 1. The van der Waals surface area contributed by atoms with Crippen LogP contribution in [0, 0.1) is 37.5 Å². The number of alkyl halides is 1. The molecule has 4 aliphatic heterocycles. The number of fused-ring (bicyclic) bond motifs is 2. The number of halogens is 1. The number of aryl methyl sites for hydroxylation is 2. The summed E-state index contributed by atoms with van der Waals surface area (Å²) in [6.45, 7) is 17.3. The van der Waals surface area contributed by atoms with E-state index in [2.05, 4.69) is 49.0 Å². The summed E-state index contributed by atoms with van der Waals surface area (Å²) in [6, 6.07) is 5.97. The molecular formula is C29H42FN7O. The number of hydrogen-bond donors (Lipinski definition) is 2. The maximum Gasteiger partial charge on any atom is 0.225 e. The van der Waals surface area contributed by atoms with Crippen molar-refractivity contribution in [3.8, 4) is 0 Å². The van der Waals surface area contributed by atoms with Crippen LogP contribution in [-0.2, 0) is 11.3 Å². The molecule has 0 amide bonds. The second-order valence-electron chi connectivity index (χ2n) is 13.0. The Morgan fingerprint density at radius 3 is 2.16 bits per heavy atom. The van der Waals surface area contributed by atoms with E-state index < -0.39 is 11.3 Å². The summed E-state index contributed by atoms with van der Waals surface area (Å²) < 4.78 is 14.6. The molecule has 6 heterocycles. The van der Waals surface area contributed by atoms with Crippen LogP contribution in [0.4, 0.5) is 16.2 Å². The van der Waals surface area contributed by atoms with Gasteiger partial charge in [-0.3, -0.25) is 4.90 Å². The molecule has 4 saturated heterocycles. The summed E-state index contributed by atoms with van der Waals surface area (Å²) in [5, 5.41) is 15.2. The van der Waals surface area contributed by atoms with Gasteiger partial charge >= 0.3 is 0 Å². The van der Waals surface area contributed by atoms with Gasteiger partial charge in [-0.15, -0.1) is 0 Å². The lowest BCUT2D eigenvalue weighted by Crippen LogP contribution is -2.41. The van der Waals surface area contributed by atoms with E-state index in [0.29, 0.717) is 41.9 Å². The second kappa shape index (κ2) is 9.38. The van der Waals surface area contributed by atoms with E-state index in [0.717, 1.165) is 75.1 Å². The second-order valence-corrected chi connectivity index (χ2v) is 13.0. The normalized spacial score (nSPS) is 29.1. The number of pyridine rings is 1. The van der Waals surface area contributed by atoms with Crippen LogP contribution < -0.4 is 15.1 Å². The molecule has 0 saturated carbocycles. The molecule has 8 nitrogen and oxygen atoms in total. The SMILES string of the molecule is Cc1cc(C(C)(C)F)nc(N2C[C@H]3CN(CC(C)(O)c4nc(N5C[C@H]6CNC[C@H]6C5)ccc4C)C[C@H]3C2)n1. The molecule has 4 fully saturated rings. The number of nitrogens with zero attached hydrogens (tertiary/aromatic N) is 6. The van der Waals surface area contributed by atoms with E-state index in [-0.39, 0.29) is 0 Å². The van der Waals surface area contributed by atoms with Crippen LogP contribution in [-0.4, -0.2) is 83.9 Å².